The van der Waals surface area contributed by atoms with Gasteiger partial charge in [0, 0.05) is 17.3 Å². The molecule has 0 unspecified atom stereocenters. The van der Waals surface area contributed by atoms with Crippen molar-refractivity contribution in [2.45, 2.75) is 6.92 Å². The monoisotopic (exact) mass is 444 g/mol. The molecule has 0 bridgehead atoms. The van der Waals surface area contributed by atoms with E-state index < -0.39 is 0 Å². The molecular formula is C14H14Br2N4O3. The maximum absolute atomic E-state index is 11.4. The van der Waals surface area contributed by atoms with Crippen molar-refractivity contribution in [3.05, 3.63) is 42.7 Å². The Hall–Kier alpha value is -1.87. The highest BCUT2D eigenvalue weighted by Gasteiger charge is 2.15. The first-order valence-electron chi connectivity index (χ1n) is 6.43. The van der Waals surface area contributed by atoms with Crippen molar-refractivity contribution >= 4 is 44.0 Å². The Morgan fingerprint density at radius 2 is 1.96 bits per heavy atom. The number of methoxy groups -OCH3 is 2. The Bertz CT molecular complexity index is 805. The highest BCUT2D eigenvalue weighted by atomic mass is 79.9. The Morgan fingerprint density at radius 3 is 2.57 bits per heavy atom. The number of rotatable bonds is 5. The van der Waals surface area contributed by atoms with Gasteiger partial charge in [0.1, 0.15) is 10.2 Å². The van der Waals surface area contributed by atoms with Crippen LogP contribution in [-0.2, 0) is 0 Å². The van der Waals surface area contributed by atoms with E-state index in [-0.39, 0.29) is 11.5 Å². The van der Waals surface area contributed by atoms with E-state index in [1.54, 1.807) is 33.4 Å². The third kappa shape index (κ3) is 4.11. The molecule has 0 spiro atoms. The van der Waals surface area contributed by atoms with E-state index in [0.717, 1.165) is 4.47 Å². The Labute approximate surface area is 149 Å². The van der Waals surface area contributed by atoms with E-state index in [2.05, 4.69) is 52.4 Å². The van der Waals surface area contributed by atoms with Gasteiger partial charge >= 0.3 is 0 Å². The number of aromatic nitrogens is 2. The molecule has 0 radical (unpaired) electrons. The molecule has 1 aromatic carbocycles. The summed E-state index contributed by atoms with van der Waals surface area (Å²) >= 11 is 6.86. The lowest BCUT2D eigenvalue weighted by molar-refractivity contribution is 0.387. The van der Waals surface area contributed by atoms with Gasteiger partial charge in [-0.3, -0.25) is 9.78 Å². The minimum Gasteiger partial charge on any atom is -0.495 e. The summed E-state index contributed by atoms with van der Waals surface area (Å²) in [6.45, 7) is 1.73. The molecule has 0 saturated carbocycles. The number of ether oxygens (including phenoxy) is 2. The first kappa shape index (κ1) is 17.5. The SMILES string of the molecule is COc1c(Br)cc(/C=N\Nc2nc(C)cc(=O)[nH]2)c(OC)c1Br. The zero-order chi connectivity index (χ0) is 17.0. The van der Waals surface area contributed by atoms with Gasteiger partial charge in [-0.25, -0.2) is 10.4 Å². The highest BCUT2D eigenvalue weighted by molar-refractivity contribution is 9.11. The summed E-state index contributed by atoms with van der Waals surface area (Å²) in [5.74, 6) is 1.45. The van der Waals surface area contributed by atoms with Crippen LogP contribution < -0.4 is 20.5 Å². The average molecular weight is 446 g/mol. The van der Waals surface area contributed by atoms with Gasteiger partial charge in [0.05, 0.1) is 24.9 Å². The molecule has 0 aliphatic carbocycles. The molecule has 0 aliphatic heterocycles. The van der Waals surface area contributed by atoms with Crippen LogP contribution in [0.1, 0.15) is 11.3 Å². The van der Waals surface area contributed by atoms with E-state index in [4.69, 9.17) is 9.47 Å². The standard InChI is InChI=1S/C14H14Br2N4O3/c1-7-4-10(21)19-14(18-7)20-17-6-8-5-9(15)13(23-3)11(16)12(8)22-2/h4-6H,1-3H3,(H2,18,19,20,21)/b17-6-. The molecular weight excluding hydrogens is 432 g/mol. The normalized spacial score (nSPS) is 10.8. The Morgan fingerprint density at radius 1 is 1.26 bits per heavy atom. The number of hydrogen-bond acceptors (Lipinski definition) is 6. The third-order valence-corrected chi connectivity index (χ3v) is 4.12. The molecule has 122 valence electrons. The fourth-order valence-electron chi connectivity index (χ4n) is 1.89. The minimum atomic E-state index is -0.247. The maximum atomic E-state index is 11.4. The lowest BCUT2D eigenvalue weighted by Crippen LogP contribution is -2.10. The lowest BCUT2D eigenvalue weighted by Gasteiger charge is -2.12. The van der Waals surface area contributed by atoms with Gasteiger partial charge in [0.15, 0.2) is 5.75 Å². The maximum Gasteiger partial charge on any atom is 0.252 e. The number of nitrogens with zero attached hydrogens (tertiary/aromatic N) is 2. The average Bonchev–Trinajstić information content (AvgIpc) is 2.46. The summed E-state index contributed by atoms with van der Waals surface area (Å²) < 4.78 is 12.1. The molecule has 0 aliphatic rings. The van der Waals surface area contributed by atoms with Crippen LogP contribution in [0.2, 0.25) is 0 Å². The van der Waals surface area contributed by atoms with Crippen LogP contribution >= 0.6 is 31.9 Å². The highest BCUT2D eigenvalue weighted by Crippen LogP contribution is 2.42. The number of halogens is 2. The molecule has 0 saturated heterocycles. The molecule has 1 heterocycles. The molecule has 9 heteroatoms. The van der Waals surface area contributed by atoms with E-state index >= 15 is 0 Å². The van der Waals surface area contributed by atoms with Crippen LogP contribution in [-0.4, -0.2) is 30.4 Å². The summed E-state index contributed by atoms with van der Waals surface area (Å²) in [6, 6.07) is 3.20. The molecule has 0 atom stereocenters. The molecule has 0 fully saturated rings. The molecule has 2 aromatic rings. The number of aromatic amines is 1. The van der Waals surface area contributed by atoms with Gasteiger partial charge in [0.25, 0.3) is 5.56 Å². The molecule has 1 aromatic heterocycles. The fraction of sp³-hybridized carbons (Fsp3) is 0.214. The van der Waals surface area contributed by atoms with E-state index in [1.807, 2.05) is 0 Å². The molecule has 2 rings (SSSR count). The predicted octanol–water partition coefficient (Wildman–Crippen LogP) is 3.07. The zero-order valence-corrected chi connectivity index (χ0v) is 15.8. The van der Waals surface area contributed by atoms with E-state index in [1.165, 1.54) is 6.07 Å². The van der Waals surface area contributed by atoms with Crippen molar-refractivity contribution in [2.75, 3.05) is 19.6 Å². The van der Waals surface area contributed by atoms with Crippen molar-refractivity contribution in [3.63, 3.8) is 0 Å². The van der Waals surface area contributed by atoms with Crippen LogP contribution in [0.15, 0.2) is 31.0 Å². The lowest BCUT2D eigenvalue weighted by atomic mass is 10.2. The van der Waals surface area contributed by atoms with E-state index in [9.17, 15) is 4.79 Å². The first-order valence-corrected chi connectivity index (χ1v) is 8.02. The van der Waals surface area contributed by atoms with Crippen molar-refractivity contribution < 1.29 is 9.47 Å². The van der Waals surface area contributed by atoms with Gasteiger partial charge in [-0.05, 0) is 44.8 Å². The van der Waals surface area contributed by atoms with Crippen LogP contribution in [0.5, 0.6) is 11.5 Å². The molecule has 7 nitrogen and oxygen atoms in total. The zero-order valence-electron chi connectivity index (χ0n) is 12.6. The topological polar surface area (TPSA) is 88.6 Å². The fourth-order valence-corrected chi connectivity index (χ4v) is 3.53. The van der Waals surface area contributed by atoms with Crippen LogP contribution in [0.4, 0.5) is 5.95 Å². The summed E-state index contributed by atoms with van der Waals surface area (Å²) in [5, 5.41) is 4.07. The van der Waals surface area contributed by atoms with Gasteiger partial charge < -0.3 is 9.47 Å². The minimum absolute atomic E-state index is 0.247. The Kier molecular flexibility index (Phi) is 5.78. The van der Waals surface area contributed by atoms with Gasteiger partial charge in [-0.1, -0.05) is 0 Å². The summed E-state index contributed by atoms with van der Waals surface area (Å²) in [5.41, 5.74) is 3.73. The van der Waals surface area contributed by atoms with Crippen molar-refractivity contribution in [1.29, 1.82) is 0 Å². The number of nitrogens with one attached hydrogen (secondary N) is 2. The second-order valence-electron chi connectivity index (χ2n) is 4.43. The number of hydrazone groups is 1. The first-order chi connectivity index (χ1) is 11.0. The van der Waals surface area contributed by atoms with Crippen LogP contribution in [0, 0.1) is 6.92 Å². The summed E-state index contributed by atoms with van der Waals surface area (Å²) in [7, 11) is 3.12. The number of hydrogen-bond donors (Lipinski definition) is 2. The van der Waals surface area contributed by atoms with Gasteiger partial charge in [-0.2, -0.15) is 5.10 Å². The van der Waals surface area contributed by atoms with Crippen molar-refractivity contribution in [3.8, 4) is 11.5 Å². The van der Waals surface area contributed by atoms with Crippen molar-refractivity contribution in [2.24, 2.45) is 5.10 Å². The van der Waals surface area contributed by atoms with E-state index in [0.29, 0.717) is 27.2 Å². The second-order valence-corrected chi connectivity index (χ2v) is 6.08. The molecule has 2 N–H and O–H groups in total. The smallest absolute Gasteiger partial charge is 0.252 e. The Balaban J connectivity index is 2.30. The second kappa shape index (κ2) is 7.60. The summed E-state index contributed by atoms with van der Waals surface area (Å²) in [6.07, 6.45) is 1.55. The quantitative estimate of drug-likeness (QED) is 0.545. The summed E-state index contributed by atoms with van der Waals surface area (Å²) in [4.78, 5) is 18.0. The van der Waals surface area contributed by atoms with Crippen LogP contribution in [0.25, 0.3) is 0 Å². The predicted molar refractivity (Wildman–Crippen MR) is 95.8 cm³/mol. The van der Waals surface area contributed by atoms with Gasteiger partial charge in [0.2, 0.25) is 5.95 Å². The largest absolute Gasteiger partial charge is 0.495 e. The van der Waals surface area contributed by atoms with Gasteiger partial charge in [-0.15, -0.1) is 0 Å². The molecule has 23 heavy (non-hydrogen) atoms. The third-order valence-electron chi connectivity index (χ3n) is 2.81. The van der Waals surface area contributed by atoms with Crippen LogP contribution in [0.3, 0.4) is 0 Å². The number of H-pyrrole nitrogens is 1. The number of benzene rings is 1. The van der Waals surface area contributed by atoms with Crippen molar-refractivity contribution in [1.82, 2.24) is 9.97 Å². The number of anilines is 1. The molecule has 0 amide bonds. The number of aryl methyl sites for hydroxylation is 1.